The second-order valence-electron chi connectivity index (χ2n) is 10.6. The van der Waals surface area contributed by atoms with Crippen molar-refractivity contribution in [2.24, 2.45) is 0 Å². The summed E-state index contributed by atoms with van der Waals surface area (Å²) in [7, 11) is 0. The van der Waals surface area contributed by atoms with Crippen LogP contribution in [0.2, 0.25) is 0 Å². The number of hydrogen-bond donors (Lipinski definition) is 0. The molecule has 0 heterocycles. The third-order valence-corrected chi connectivity index (χ3v) is 7.24. The third kappa shape index (κ3) is 6.99. The van der Waals surface area contributed by atoms with Gasteiger partial charge in [-0.2, -0.15) is 0 Å². The number of benzene rings is 2. The Balaban J connectivity index is 1.80. The molecule has 0 saturated heterocycles. The molecule has 3 nitrogen and oxygen atoms in total. The molecule has 2 rings (SSSR count). The molecule has 0 aliphatic rings. The van der Waals surface area contributed by atoms with Crippen LogP contribution >= 0.6 is 0 Å². The average molecular weight is 455 g/mol. The molecule has 0 aliphatic heterocycles. The topological polar surface area (TPSA) is 27.7 Å². The molecule has 0 spiro atoms. The van der Waals surface area contributed by atoms with Crippen LogP contribution in [-0.4, -0.2) is 26.4 Å². The van der Waals surface area contributed by atoms with Crippen molar-refractivity contribution in [3.63, 3.8) is 0 Å². The molecule has 0 saturated carbocycles. The number of hydrogen-bond acceptors (Lipinski definition) is 3. The van der Waals surface area contributed by atoms with Crippen molar-refractivity contribution in [1.82, 2.24) is 0 Å². The van der Waals surface area contributed by atoms with E-state index in [2.05, 4.69) is 93.5 Å². The molecule has 33 heavy (non-hydrogen) atoms. The van der Waals surface area contributed by atoms with Gasteiger partial charge in [-0.1, -0.05) is 53.7 Å². The lowest BCUT2D eigenvalue weighted by Crippen LogP contribution is -2.18. The maximum atomic E-state index is 6.01. The van der Waals surface area contributed by atoms with Crippen LogP contribution < -0.4 is 9.47 Å². The van der Waals surface area contributed by atoms with E-state index in [4.69, 9.17) is 14.2 Å². The summed E-state index contributed by atoms with van der Waals surface area (Å²) in [5, 5.41) is 0. The molecular formula is C30H46O3. The van der Waals surface area contributed by atoms with Crippen LogP contribution in [0.1, 0.15) is 87.8 Å². The maximum Gasteiger partial charge on any atom is 0.122 e. The predicted octanol–water partition coefficient (Wildman–Crippen LogP) is 7.77. The zero-order valence-electron chi connectivity index (χ0n) is 22.8. The van der Waals surface area contributed by atoms with Gasteiger partial charge in [0.05, 0.1) is 13.2 Å². The van der Waals surface area contributed by atoms with Crippen LogP contribution in [0.15, 0.2) is 24.3 Å². The number of ether oxygens (including phenoxy) is 3. The van der Waals surface area contributed by atoms with Gasteiger partial charge in [0, 0.05) is 0 Å². The van der Waals surface area contributed by atoms with Crippen LogP contribution in [0.3, 0.4) is 0 Å². The molecule has 0 aliphatic carbocycles. The predicted molar refractivity (Wildman–Crippen MR) is 140 cm³/mol. The molecule has 0 radical (unpaired) electrons. The van der Waals surface area contributed by atoms with Gasteiger partial charge in [-0.15, -0.1) is 0 Å². The molecule has 0 unspecified atom stereocenters. The minimum Gasteiger partial charge on any atom is -0.491 e. The highest BCUT2D eigenvalue weighted by molar-refractivity contribution is 5.45. The molecule has 0 amide bonds. The number of rotatable bonds is 12. The van der Waals surface area contributed by atoms with Gasteiger partial charge in [0.1, 0.15) is 24.7 Å². The van der Waals surface area contributed by atoms with E-state index in [-0.39, 0.29) is 10.8 Å². The van der Waals surface area contributed by atoms with E-state index in [1.54, 1.807) is 0 Å². The van der Waals surface area contributed by atoms with Crippen molar-refractivity contribution in [3.05, 3.63) is 57.6 Å². The molecule has 2 aromatic rings. The average Bonchev–Trinajstić information content (AvgIpc) is 2.76. The molecule has 2 aromatic carbocycles. The highest BCUT2D eigenvalue weighted by Gasteiger charge is 2.22. The van der Waals surface area contributed by atoms with Crippen molar-refractivity contribution < 1.29 is 14.2 Å². The summed E-state index contributed by atoms with van der Waals surface area (Å²) in [6.07, 6.45) is 2.23. The summed E-state index contributed by atoms with van der Waals surface area (Å²) in [4.78, 5) is 0. The summed E-state index contributed by atoms with van der Waals surface area (Å²) in [5.41, 5.74) is 8.11. The fraction of sp³-hybridized carbons (Fsp3) is 0.600. The lowest BCUT2D eigenvalue weighted by Gasteiger charge is -2.27. The molecule has 0 aromatic heterocycles. The first-order valence-electron chi connectivity index (χ1n) is 12.5. The van der Waals surface area contributed by atoms with Crippen LogP contribution in [0, 0.1) is 27.7 Å². The number of aryl methyl sites for hydroxylation is 4. The molecule has 0 N–H and O–H groups in total. The standard InChI is InChI=1S/C30H46O3/c1-11-29(7,8)25-17-23(5)27(19-21(25)3)32-15-13-31-14-16-33-28-20-22(4)26(18-24(28)6)30(9,10)12-2/h17-20H,11-16H2,1-10H3. The summed E-state index contributed by atoms with van der Waals surface area (Å²) in [6.45, 7) is 24.4. The van der Waals surface area contributed by atoms with Crippen LogP contribution in [0.25, 0.3) is 0 Å². The van der Waals surface area contributed by atoms with E-state index in [1.807, 2.05) is 0 Å². The van der Waals surface area contributed by atoms with Gasteiger partial charge in [-0.05, 0) is 96.9 Å². The maximum absolute atomic E-state index is 6.01. The Labute approximate surface area is 202 Å². The van der Waals surface area contributed by atoms with Crippen molar-refractivity contribution >= 4 is 0 Å². The zero-order valence-corrected chi connectivity index (χ0v) is 22.8. The summed E-state index contributed by atoms with van der Waals surface area (Å²) >= 11 is 0. The highest BCUT2D eigenvalue weighted by atomic mass is 16.5. The lowest BCUT2D eigenvalue weighted by atomic mass is 9.79. The molecule has 0 atom stereocenters. The Bertz CT molecular complexity index is 849. The first-order chi connectivity index (χ1) is 15.4. The minimum atomic E-state index is 0.180. The van der Waals surface area contributed by atoms with Crippen molar-refractivity contribution in [2.75, 3.05) is 26.4 Å². The van der Waals surface area contributed by atoms with E-state index < -0.39 is 0 Å². The zero-order chi connectivity index (χ0) is 24.8. The quantitative estimate of drug-likeness (QED) is 0.307. The fourth-order valence-electron chi connectivity index (χ4n) is 4.25. The van der Waals surface area contributed by atoms with E-state index in [9.17, 15) is 0 Å². The smallest absolute Gasteiger partial charge is 0.122 e. The van der Waals surface area contributed by atoms with Gasteiger partial charge >= 0.3 is 0 Å². The SMILES string of the molecule is CCC(C)(C)c1cc(C)c(OCCOCCOc2cc(C)c(C(C)(C)CC)cc2C)cc1C. The van der Waals surface area contributed by atoms with Crippen LogP contribution in [-0.2, 0) is 15.6 Å². The molecule has 184 valence electrons. The van der Waals surface area contributed by atoms with Gasteiger partial charge in [-0.3, -0.25) is 0 Å². The van der Waals surface area contributed by atoms with Gasteiger partial charge in [0.15, 0.2) is 0 Å². The largest absolute Gasteiger partial charge is 0.491 e. The van der Waals surface area contributed by atoms with E-state index in [1.165, 1.54) is 33.4 Å². The van der Waals surface area contributed by atoms with Crippen molar-refractivity contribution in [1.29, 1.82) is 0 Å². The minimum absolute atomic E-state index is 0.180. The third-order valence-electron chi connectivity index (χ3n) is 7.24. The fourth-order valence-corrected chi connectivity index (χ4v) is 4.25. The molecule has 0 fully saturated rings. The Morgan fingerprint density at radius 3 is 1.24 bits per heavy atom. The normalized spacial score (nSPS) is 12.2. The van der Waals surface area contributed by atoms with Gasteiger partial charge in [-0.25, -0.2) is 0 Å². The van der Waals surface area contributed by atoms with E-state index >= 15 is 0 Å². The van der Waals surface area contributed by atoms with E-state index in [0.29, 0.717) is 26.4 Å². The lowest BCUT2D eigenvalue weighted by molar-refractivity contribution is 0.0760. The Kier molecular flexibility index (Phi) is 9.43. The molecule has 3 heteroatoms. The molecule has 0 bridgehead atoms. The van der Waals surface area contributed by atoms with E-state index in [0.717, 1.165) is 24.3 Å². The van der Waals surface area contributed by atoms with Crippen LogP contribution in [0.4, 0.5) is 0 Å². The highest BCUT2D eigenvalue weighted by Crippen LogP contribution is 2.34. The van der Waals surface area contributed by atoms with Crippen molar-refractivity contribution in [2.45, 2.75) is 92.9 Å². The Morgan fingerprint density at radius 2 is 0.909 bits per heavy atom. The van der Waals surface area contributed by atoms with Crippen LogP contribution in [0.5, 0.6) is 11.5 Å². The summed E-state index contributed by atoms with van der Waals surface area (Å²) < 4.78 is 17.8. The monoisotopic (exact) mass is 454 g/mol. The van der Waals surface area contributed by atoms with Crippen molar-refractivity contribution in [3.8, 4) is 11.5 Å². The summed E-state index contributed by atoms with van der Waals surface area (Å²) in [5.74, 6) is 1.90. The first-order valence-corrected chi connectivity index (χ1v) is 12.5. The first kappa shape index (κ1) is 27.2. The van der Waals surface area contributed by atoms with Gasteiger partial charge in [0.25, 0.3) is 0 Å². The Hall–Kier alpha value is -2.00. The second-order valence-corrected chi connectivity index (χ2v) is 10.6. The van der Waals surface area contributed by atoms with Gasteiger partial charge in [0.2, 0.25) is 0 Å². The summed E-state index contributed by atoms with van der Waals surface area (Å²) in [6, 6.07) is 8.89. The van der Waals surface area contributed by atoms with Gasteiger partial charge < -0.3 is 14.2 Å². The molecular weight excluding hydrogens is 408 g/mol. The Morgan fingerprint density at radius 1 is 0.545 bits per heavy atom. The second kappa shape index (κ2) is 11.4.